The zero-order valence-corrected chi connectivity index (χ0v) is 21.3. The predicted octanol–water partition coefficient (Wildman–Crippen LogP) is 5.41. The van der Waals surface area contributed by atoms with E-state index in [1.54, 1.807) is 13.8 Å². The Morgan fingerprint density at radius 3 is 2.26 bits per heavy atom. The Balaban J connectivity index is 1.34. The van der Waals surface area contributed by atoms with Gasteiger partial charge in [0.2, 0.25) is 0 Å². The number of alkyl halides is 6. The van der Waals surface area contributed by atoms with Crippen molar-refractivity contribution in [1.29, 1.82) is 0 Å². The molecule has 3 atom stereocenters. The van der Waals surface area contributed by atoms with E-state index in [2.05, 4.69) is 10.3 Å². The van der Waals surface area contributed by atoms with E-state index >= 15 is 0 Å². The Morgan fingerprint density at radius 1 is 1.00 bits per heavy atom. The Hall–Kier alpha value is -2.83. The first-order valence-electron chi connectivity index (χ1n) is 12.6. The maximum atomic E-state index is 13.9. The highest BCUT2D eigenvalue weighted by atomic mass is 19.4. The summed E-state index contributed by atoms with van der Waals surface area (Å²) in [4.78, 5) is 4.20. The Morgan fingerprint density at radius 2 is 1.67 bits per heavy atom. The van der Waals surface area contributed by atoms with Gasteiger partial charge in [0.05, 0.1) is 28.7 Å². The van der Waals surface area contributed by atoms with Gasteiger partial charge in [0.15, 0.2) is 0 Å². The van der Waals surface area contributed by atoms with Crippen molar-refractivity contribution in [3.63, 3.8) is 0 Å². The largest absolute Gasteiger partial charge is 0.490 e. The second kappa shape index (κ2) is 9.38. The number of nitrogens with one attached hydrogen (secondary N) is 1. The minimum Gasteiger partial charge on any atom is -0.490 e. The number of hydrogen-bond donors (Lipinski definition) is 3. The molecular weight excluding hydrogens is 528 g/mol. The number of ether oxygens (including phenoxy) is 1. The molecule has 0 bridgehead atoms. The van der Waals surface area contributed by atoms with E-state index in [9.17, 15) is 36.6 Å². The van der Waals surface area contributed by atoms with Crippen LogP contribution in [-0.2, 0) is 18.0 Å². The van der Waals surface area contributed by atoms with Gasteiger partial charge in [0, 0.05) is 24.2 Å². The van der Waals surface area contributed by atoms with Crippen LogP contribution in [0.4, 0.5) is 26.3 Å². The SMILES string of the molecule is C[C@H]1C[C@@](O)(c2ccc(C(F)(F)F)cc2)C[C@@H](COc2cc(C(F)(F)F)c3nc(C4CC(C)(O)C4)cn3c2)N1. The third-order valence-electron chi connectivity index (χ3n) is 7.59. The van der Waals surface area contributed by atoms with Crippen molar-refractivity contribution in [3.8, 4) is 5.75 Å². The van der Waals surface area contributed by atoms with Crippen LogP contribution in [0.2, 0.25) is 0 Å². The van der Waals surface area contributed by atoms with Crippen LogP contribution in [0.5, 0.6) is 5.75 Å². The molecule has 1 aromatic carbocycles. The fourth-order valence-electron chi connectivity index (χ4n) is 5.81. The van der Waals surface area contributed by atoms with Crippen molar-refractivity contribution < 1.29 is 41.3 Å². The van der Waals surface area contributed by atoms with Crippen LogP contribution < -0.4 is 10.1 Å². The van der Waals surface area contributed by atoms with Gasteiger partial charge in [-0.25, -0.2) is 4.98 Å². The minimum atomic E-state index is -4.69. The number of imidazole rings is 1. The van der Waals surface area contributed by atoms with Crippen molar-refractivity contribution in [2.75, 3.05) is 6.61 Å². The molecule has 1 aliphatic heterocycles. The van der Waals surface area contributed by atoms with Crippen molar-refractivity contribution in [1.82, 2.24) is 14.7 Å². The summed E-state index contributed by atoms with van der Waals surface area (Å²) in [6.07, 6.45) is -5.10. The molecule has 1 saturated heterocycles. The number of nitrogens with zero attached hydrogens (tertiary/aromatic N) is 2. The number of benzene rings is 1. The Labute approximate surface area is 220 Å². The van der Waals surface area contributed by atoms with Crippen LogP contribution in [0.1, 0.15) is 67.8 Å². The summed E-state index contributed by atoms with van der Waals surface area (Å²) in [6.45, 7) is 3.40. The summed E-state index contributed by atoms with van der Waals surface area (Å²) in [5.41, 5.74) is -3.52. The maximum absolute atomic E-state index is 13.9. The average molecular weight is 558 g/mol. The molecule has 2 aromatic heterocycles. The van der Waals surface area contributed by atoms with Crippen LogP contribution in [-0.4, -0.2) is 43.9 Å². The number of aliphatic hydroxyl groups is 2. The van der Waals surface area contributed by atoms with Gasteiger partial charge in [0.1, 0.15) is 23.6 Å². The molecule has 5 rings (SSSR count). The van der Waals surface area contributed by atoms with Crippen LogP contribution in [0, 0.1) is 0 Å². The monoisotopic (exact) mass is 557 g/mol. The fourth-order valence-corrected chi connectivity index (χ4v) is 5.81. The number of hydrogen-bond acceptors (Lipinski definition) is 5. The van der Waals surface area contributed by atoms with Gasteiger partial charge >= 0.3 is 12.4 Å². The van der Waals surface area contributed by atoms with E-state index in [1.807, 2.05) is 0 Å². The van der Waals surface area contributed by atoms with Crippen LogP contribution in [0.25, 0.3) is 5.65 Å². The summed E-state index contributed by atoms with van der Waals surface area (Å²) in [7, 11) is 0. The maximum Gasteiger partial charge on any atom is 0.420 e. The minimum absolute atomic E-state index is 0.0440. The van der Waals surface area contributed by atoms with Gasteiger partial charge in [-0.15, -0.1) is 0 Å². The lowest BCUT2D eigenvalue weighted by atomic mass is 9.71. The van der Waals surface area contributed by atoms with Gasteiger partial charge < -0.3 is 24.7 Å². The molecule has 3 N–H and O–H groups in total. The van der Waals surface area contributed by atoms with E-state index in [0.29, 0.717) is 24.1 Å². The van der Waals surface area contributed by atoms with Gasteiger partial charge in [-0.1, -0.05) is 12.1 Å². The number of halogens is 6. The number of fused-ring (bicyclic) bond motifs is 1. The lowest BCUT2D eigenvalue weighted by Crippen LogP contribution is -2.53. The number of piperidine rings is 1. The van der Waals surface area contributed by atoms with Crippen LogP contribution >= 0.6 is 0 Å². The summed E-state index contributed by atoms with van der Waals surface area (Å²) in [5.74, 6) is -0.182. The molecule has 212 valence electrons. The molecule has 3 heterocycles. The number of aromatic nitrogens is 2. The molecule has 39 heavy (non-hydrogen) atoms. The first-order chi connectivity index (χ1) is 18.0. The highest BCUT2D eigenvalue weighted by molar-refractivity contribution is 5.54. The van der Waals surface area contributed by atoms with Crippen molar-refractivity contribution >= 4 is 5.65 Å². The molecule has 1 aliphatic carbocycles. The molecular formula is C27H29F6N3O3. The average Bonchev–Trinajstić information content (AvgIpc) is 3.22. The van der Waals surface area contributed by atoms with E-state index in [4.69, 9.17) is 4.74 Å². The van der Waals surface area contributed by atoms with Crippen molar-refractivity contribution in [2.45, 2.75) is 81.1 Å². The van der Waals surface area contributed by atoms with Crippen LogP contribution in [0.15, 0.2) is 42.7 Å². The lowest BCUT2D eigenvalue weighted by Gasteiger charge is -2.41. The second-order valence-electron chi connectivity index (χ2n) is 11.2. The first kappa shape index (κ1) is 27.7. The molecule has 6 nitrogen and oxygen atoms in total. The fraction of sp³-hybridized carbons (Fsp3) is 0.519. The molecule has 2 aliphatic rings. The molecule has 0 unspecified atom stereocenters. The summed E-state index contributed by atoms with van der Waals surface area (Å²) >= 11 is 0. The lowest BCUT2D eigenvalue weighted by molar-refractivity contribution is -0.138. The van der Waals surface area contributed by atoms with E-state index in [0.717, 1.165) is 18.2 Å². The summed E-state index contributed by atoms with van der Waals surface area (Å²) < 4.78 is 87.6. The Kier molecular flexibility index (Phi) is 6.67. The van der Waals surface area contributed by atoms with E-state index in [-0.39, 0.29) is 42.8 Å². The molecule has 2 fully saturated rings. The van der Waals surface area contributed by atoms with Crippen molar-refractivity contribution in [2.24, 2.45) is 0 Å². The summed E-state index contributed by atoms with van der Waals surface area (Å²) in [6, 6.07) is 4.51. The topological polar surface area (TPSA) is 79.0 Å². The molecule has 12 heteroatoms. The smallest absolute Gasteiger partial charge is 0.420 e. The molecule has 0 radical (unpaired) electrons. The quantitative estimate of drug-likeness (QED) is 0.366. The first-order valence-corrected chi connectivity index (χ1v) is 12.6. The Bertz CT molecular complexity index is 1340. The van der Waals surface area contributed by atoms with E-state index < -0.39 is 40.7 Å². The molecule has 0 spiro atoms. The highest BCUT2D eigenvalue weighted by Crippen LogP contribution is 2.45. The normalized spacial score (nSPS) is 29.8. The van der Waals surface area contributed by atoms with Gasteiger partial charge in [-0.3, -0.25) is 0 Å². The van der Waals surface area contributed by atoms with Crippen LogP contribution in [0.3, 0.4) is 0 Å². The number of pyridine rings is 1. The zero-order chi connectivity index (χ0) is 28.4. The second-order valence-corrected chi connectivity index (χ2v) is 11.2. The zero-order valence-electron chi connectivity index (χ0n) is 21.3. The number of rotatable bonds is 5. The van der Waals surface area contributed by atoms with Gasteiger partial charge in [-0.2, -0.15) is 26.3 Å². The third-order valence-corrected chi connectivity index (χ3v) is 7.59. The highest BCUT2D eigenvalue weighted by Gasteiger charge is 2.42. The van der Waals surface area contributed by atoms with Gasteiger partial charge in [-0.05, 0) is 63.3 Å². The predicted molar refractivity (Wildman–Crippen MR) is 129 cm³/mol. The molecule has 3 aromatic rings. The molecule has 0 amide bonds. The van der Waals surface area contributed by atoms with Crippen molar-refractivity contribution in [3.05, 3.63) is 65.1 Å². The third kappa shape index (κ3) is 5.73. The summed E-state index contributed by atoms with van der Waals surface area (Å²) in [5, 5.41) is 24.6. The standard InChI is InChI=1S/C27H29F6N3O3/c1-15-8-25(38,17-3-5-18(6-4-17)26(28,29)30)11-19(34-15)14-39-20-7-21(27(31,32)33)23-35-22(13-36(23)12-20)16-9-24(2,37)10-16/h3-7,12-13,15-16,19,34,37-38H,8-11,14H2,1-2H3/t15-,16?,19-,24?,25-/m0/s1. The van der Waals surface area contributed by atoms with Gasteiger partial charge in [0.25, 0.3) is 0 Å². The van der Waals surface area contributed by atoms with E-state index in [1.165, 1.54) is 28.9 Å². The molecule has 1 saturated carbocycles.